The molecule has 0 atom stereocenters. The van der Waals surface area contributed by atoms with Crippen LogP contribution in [0.5, 0.6) is 5.75 Å². The van der Waals surface area contributed by atoms with E-state index in [2.05, 4.69) is 22.1 Å². The third kappa shape index (κ3) is 4.08. The Bertz CT molecular complexity index is 575. The Hall–Kier alpha value is -1.05. The second-order valence-electron chi connectivity index (χ2n) is 6.48. The lowest BCUT2D eigenvalue weighted by molar-refractivity contribution is 0.151. The fourth-order valence-electron chi connectivity index (χ4n) is 3.44. The number of phenols is 1. The molecule has 0 bridgehead atoms. The van der Waals surface area contributed by atoms with E-state index in [-0.39, 0.29) is 29.7 Å². The highest BCUT2D eigenvalue weighted by atomic mass is 127. The van der Waals surface area contributed by atoms with Gasteiger partial charge in [-0.2, -0.15) is 0 Å². The van der Waals surface area contributed by atoms with Gasteiger partial charge in [0.15, 0.2) is 17.5 Å². The van der Waals surface area contributed by atoms with E-state index in [1.807, 2.05) is 0 Å². The van der Waals surface area contributed by atoms with Crippen molar-refractivity contribution < 1.29 is 9.50 Å². The number of benzene rings is 1. The Kier molecular flexibility index (Phi) is 6.11. The molecule has 0 unspecified atom stereocenters. The lowest BCUT2D eigenvalue weighted by atomic mass is 9.68. The molecule has 6 heteroatoms. The van der Waals surface area contributed by atoms with Gasteiger partial charge in [-0.1, -0.05) is 12.5 Å². The van der Waals surface area contributed by atoms with Crippen LogP contribution < -0.4 is 5.32 Å². The van der Waals surface area contributed by atoms with E-state index < -0.39 is 5.82 Å². The van der Waals surface area contributed by atoms with Crippen molar-refractivity contribution in [2.45, 2.75) is 39.2 Å². The second-order valence-corrected chi connectivity index (χ2v) is 6.48. The summed E-state index contributed by atoms with van der Waals surface area (Å²) < 4.78 is 13.4. The molecule has 0 amide bonds. The fraction of sp³-hybridized carbons (Fsp3) is 0.588. The molecule has 1 saturated carbocycles. The number of likely N-dealkylation sites (tertiary alicyclic amines) is 1. The molecule has 3 rings (SSSR count). The zero-order valence-electron chi connectivity index (χ0n) is 13.5. The number of hydrogen-bond donors (Lipinski definition) is 2. The normalized spacial score (nSPS) is 19.4. The molecule has 1 aliphatic carbocycles. The van der Waals surface area contributed by atoms with Crippen LogP contribution in [0.15, 0.2) is 23.2 Å². The summed E-state index contributed by atoms with van der Waals surface area (Å²) in [6.45, 7) is 5.44. The van der Waals surface area contributed by atoms with Crippen LogP contribution in [0, 0.1) is 11.2 Å². The van der Waals surface area contributed by atoms with Crippen LogP contribution in [-0.2, 0) is 6.54 Å². The van der Waals surface area contributed by atoms with Crippen LogP contribution in [0.2, 0.25) is 0 Å². The summed E-state index contributed by atoms with van der Waals surface area (Å²) in [6.07, 6.45) is 5.29. The zero-order valence-corrected chi connectivity index (χ0v) is 15.8. The highest BCUT2D eigenvalue weighted by Gasteiger charge is 2.43. The lowest BCUT2D eigenvalue weighted by Gasteiger charge is -2.38. The minimum absolute atomic E-state index is 0. The quantitative estimate of drug-likeness (QED) is 0.436. The highest BCUT2D eigenvalue weighted by molar-refractivity contribution is 14.0. The van der Waals surface area contributed by atoms with Gasteiger partial charge in [0.05, 0.1) is 6.54 Å². The van der Waals surface area contributed by atoms with Crippen molar-refractivity contribution in [1.29, 1.82) is 0 Å². The number of aromatic hydroxyl groups is 1. The minimum Gasteiger partial charge on any atom is -0.505 e. The number of guanidine groups is 1. The number of aliphatic imine (C=N–C) groups is 1. The van der Waals surface area contributed by atoms with Crippen LogP contribution >= 0.6 is 24.0 Å². The topological polar surface area (TPSA) is 47.9 Å². The van der Waals surface area contributed by atoms with Gasteiger partial charge in [0, 0.05) is 19.6 Å². The average Bonchev–Trinajstić information content (AvgIpc) is 2.92. The van der Waals surface area contributed by atoms with E-state index >= 15 is 0 Å². The molecule has 128 valence electrons. The molecule has 1 heterocycles. The van der Waals surface area contributed by atoms with Gasteiger partial charge in [-0.15, -0.1) is 24.0 Å². The Labute approximate surface area is 154 Å². The van der Waals surface area contributed by atoms with Crippen molar-refractivity contribution in [2.24, 2.45) is 10.4 Å². The monoisotopic (exact) mass is 433 g/mol. The Morgan fingerprint density at radius 1 is 1.39 bits per heavy atom. The predicted octanol–water partition coefficient (Wildman–Crippen LogP) is 3.49. The van der Waals surface area contributed by atoms with E-state index in [0.29, 0.717) is 12.0 Å². The van der Waals surface area contributed by atoms with Crippen molar-refractivity contribution in [3.63, 3.8) is 0 Å². The van der Waals surface area contributed by atoms with Crippen LogP contribution in [0.1, 0.15) is 38.2 Å². The molecule has 1 aliphatic heterocycles. The lowest BCUT2D eigenvalue weighted by Crippen LogP contribution is -2.42. The van der Waals surface area contributed by atoms with Crippen LogP contribution in [0.4, 0.5) is 4.39 Å². The maximum Gasteiger partial charge on any atom is 0.194 e. The van der Waals surface area contributed by atoms with E-state index in [4.69, 9.17) is 0 Å². The smallest absolute Gasteiger partial charge is 0.194 e. The van der Waals surface area contributed by atoms with Gasteiger partial charge in [-0.25, -0.2) is 9.38 Å². The molecule has 1 aromatic carbocycles. The van der Waals surface area contributed by atoms with Gasteiger partial charge >= 0.3 is 0 Å². The average molecular weight is 433 g/mol. The third-order valence-corrected chi connectivity index (χ3v) is 4.91. The van der Waals surface area contributed by atoms with Gasteiger partial charge < -0.3 is 15.3 Å². The first-order valence-electron chi connectivity index (χ1n) is 8.12. The summed E-state index contributed by atoms with van der Waals surface area (Å²) in [7, 11) is 0. The summed E-state index contributed by atoms with van der Waals surface area (Å²) in [5.74, 6) is 0.0122. The molecule has 2 N–H and O–H groups in total. The second kappa shape index (κ2) is 7.68. The van der Waals surface area contributed by atoms with E-state index in [0.717, 1.165) is 31.2 Å². The van der Waals surface area contributed by atoms with Crippen LogP contribution in [-0.4, -0.2) is 35.6 Å². The number of phenolic OH excluding ortho intramolecular Hbond substituents is 1. The minimum atomic E-state index is -0.590. The maximum absolute atomic E-state index is 13.4. The first kappa shape index (κ1) is 18.3. The molecule has 0 radical (unpaired) electrons. The number of rotatable bonds is 3. The van der Waals surface area contributed by atoms with Gasteiger partial charge in [0.25, 0.3) is 0 Å². The highest BCUT2D eigenvalue weighted by Crippen LogP contribution is 2.47. The summed E-state index contributed by atoms with van der Waals surface area (Å²) in [5, 5.41) is 12.6. The molecule has 2 aliphatic rings. The van der Waals surface area contributed by atoms with Crippen molar-refractivity contribution in [1.82, 2.24) is 10.2 Å². The van der Waals surface area contributed by atoms with Gasteiger partial charge in [0.1, 0.15) is 0 Å². The van der Waals surface area contributed by atoms with E-state index in [1.165, 1.54) is 37.8 Å². The third-order valence-electron chi connectivity index (χ3n) is 4.91. The molecule has 1 spiro atoms. The predicted molar refractivity (Wildman–Crippen MR) is 101 cm³/mol. The molecular formula is C17H25FIN3O. The molecule has 1 aromatic rings. The molecule has 4 nitrogen and oxygen atoms in total. The zero-order chi connectivity index (χ0) is 15.6. The molecule has 2 fully saturated rings. The van der Waals surface area contributed by atoms with E-state index in [1.54, 1.807) is 6.07 Å². The van der Waals surface area contributed by atoms with Crippen molar-refractivity contribution >= 4 is 29.9 Å². The van der Waals surface area contributed by atoms with Crippen molar-refractivity contribution in [3.05, 3.63) is 29.6 Å². The van der Waals surface area contributed by atoms with Gasteiger partial charge in [0.2, 0.25) is 0 Å². The SMILES string of the molecule is CCNC(=NCc1ccc(O)c(F)c1)N1CCC2(CCC2)C1.I. The fourth-order valence-corrected chi connectivity index (χ4v) is 3.44. The number of nitrogens with one attached hydrogen (secondary N) is 1. The summed E-state index contributed by atoms with van der Waals surface area (Å²) in [6, 6.07) is 4.44. The molecular weight excluding hydrogens is 408 g/mol. The maximum atomic E-state index is 13.4. The Balaban J connectivity index is 0.00000192. The molecule has 23 heavy (non-hydrogen) atoms. The largest absolute Gasteiger partial charge is 0.505 e. The van der Waals surface area contributed by atoms with E-state index in [9.17, 15) is 9.50 Å². The summed E-state index contributed by atoms with van der Waals surface area (Å²) >= 11 is 0. The van der Waals surface area contributed by atoms with Gasteiger partial charge in [-0.3, -0.25) is 0 Å². The van der Waals surface area contributed by atoms with Gasteiger partial charge in [-0.05, 0) is 49.3 Å². The molecule has 1 saturated heterocycles. The molecule has 0 aromatic heterocycles. The number of nitrogens with zero attached hydrogens (tertiary/aromatic N) is 2. The standard InChI is InChI=1S/C17H24FN3O.HI/c1-2-19-16(21-9-8-17(12-21)6-3-7-17)20-11-13-4-5-15(22)14(18)10-13;/h4-5,10,22H,2-3,6-9,11-12H2,1H3,(H,19,20);1H. The van der Waals surface area contributed by atoms with Crippen LogP contribution in [0.3, 0.4) is 0 Å². The first-order chi connectivity index (χ1) is 10.6. The van der Waals surface area contributed by atoms with Crippen molar-refractivity contribution in [3.8, 4) is 5.75 Å². The Morgan fingerprint density at radius 3 is 2.74 bits per heavy atom. The van der Waals surface area contributed by atoms with Crippen molar-refractivity contribution in [2.75, 3.05) is 19.6 Å². The summed E-state index contributed by atoms with van der Waals surface area (Å²) in [5.41, 5.74) is 1.30. The van der Waals surface area contributed by atoms with Crippen LogP contribution in [0.25, 0.3) is 0 Å². The number of halogens is 2. The summed E-state index contributed by atoms with van der Waals surface area (Å²) in [4.78, 5) is 6.98. The number of hydrogen-bond acceptors (Lipinski definition) is 2. The Morgan fingerprint density at radius 2 is 2.17 bits per heavy atom. The first-order valence-corrected chi connectivity index (χ1v) is 8.12.